The van der Waals surface area contributed by atoms with Crippen LogP contribution in [0.15, 0.2) is 47.2 Å². The van der Waals surface area contributed by atoms with E-state index in [0.29, 0.717) is 4.47 Å². The molecule has 0 aromatic carbocycles. The number of aromatic nitrogens is 2. The fraction of sp³-hybridized carbons (Fsp3) is 0.0909. The van der Waals surface area contributed by atoms with Crippen molar-refractivity contribution in [1.82, 2.24) is 9.97 Å². The van der Waals surface area contributed by atoms with Gasteiger partial charge in [-0.25, -0.2) is 4.98 Å². The summed E-state index contributed by atoms with van der Waals surface area (Å²) in [6.45, 7) is 0. The standard InChI is InChI=1S/C6H2BrClF3N.C5H5N/c7-3-1-2-4(6(9,10)11)12-5(3)8;1-2-4-6-5-3-1/h1-2H;1-5H. The minimum atomic E-state index is -4.44. The van der Waals surface area contributed by atoms with Crippen molar-refractivity contribution in [3.63, 3.8) is 0 Å². The third kappa shape index (κ3) is 5.01. The lowest BCUT2D eigenvalue weighted by Gasteiger charge is -2.05. The summed E-state index contributed by atoms with van der Waals surface area (Å²) in [6.07, 6.45) is -0.940. The lowest BCUT2D eigenvalue weighted by Crippen LogP contribution is -2.07. The van der Waals surface area contributed by atoms with Crippen LogP contribution in [-0.4, -0.2) is 9.97 Å². The molecular formula is C11H7BrClF3N2. The number of rotatable bonds is 0. The largest absolute Gasteiger partial charge is 0.433 e. The molecule has 0 fully saturated rings. The second-order valence-corrected chi connectivity index (χ2v) is 4.20. The smallest absolute Gasteiger partial charge is 0.265 e. The third-order valence-corrected chi connectivity index (χ3v) is 2.82. The maximum Gasteiger partial charge on any atom is 0.433 e. The minimum Gasteiger partial charge on any atom is -0.265 e. The summed E-state index contributed by atoms with van der Waals surface area (Å²) >= 11 is 8.30. The maximum absolute atomic E-state index is 12.0. The monoisotopic (exact) mass is 338 g/mol. The molecule has 0 saturated heterocycles. The van der Waals surface area contributed by atoms with Crippen LogP contribution in [0.1, 0.15) is 5.69 Å². The van der Waals surface area contributed by atoms with E-state index in [4.69, 9.17) is 11.6 Å². The quantitative estimate of drug-likeness (QED) is 0.656. The van der Waals surface area contributed by atoms with E-state index in [1.165, 1.54) is 6.07 Å². The van der Waals surface area contributed by atoms with E-state index in [-0.39, 0.29) is 5.15 Å². The number of pyridine rings is 2. The molecule has 0 amide bonds. The normalized spacial score (nSPS) is 10.5. The molecule has 0 aliphatic heterocycles. The molecule has 0 atom stereocenters. The highest BCUT2D eigenvalue weighted by atomic mass is 79.9. The highest BCUT2D eigenvalue weighted by Gasteiger charge is 2.32. The Morgan fingerprint density at radius 1 is 1.06 bits per heavy atom. The number of halogens is 5. The van der Waals surface area contributed by atoms with Gasteiger partial charge in [0.25, 0.3) is 0 Å². The molecule has 2 rings (SSSR count). The number of alkyl halides is 3. The Hall–Kier alpha value is -1.14. The van der Waals surface area contributed by atoms with Gasteiger partial charge in [0.1, 0.15) is 10.8 Å². The van der Waals surface area contributed by atoms with Crippen LogP contribution >= 0.6 is 27.5 Å². The van der Waals surface area contributed by atoms with Gasteiger partial charge in [-0.15, -0.1) is 0 Å². The van der Waals surface area contributed by atoms with Gasteiger partial charge in [-0.05, 0) is 40.2 Å². The molecule has 18 heavy (non-hydrogen) atoms. The molecule has 0 aliphatic carbocycles. The molecular weight excluding hydrogens is 332 g/mol. The first-order chi connectivity index (χ1) is 8.41. The average molecular weight is 340 g/mol. The van der Waals surface area contributed by atoms with Crippen molar-refractivity contribution in [2.45, 2.75) is 6.18 Å². The van der Waals surface area contributed by atoms with E-state index < -0.39 is 11.9 Å². The van der Waals surface area contributed by atoms with E-state index in [1.807, 2.05) is 18.2 Å². The Morgan fingerprint density at radius 3 is 2.00 bits per heavy atom. The van der Waals surface area contributed by atoms with Crippen molar-refractivity contribution >= 4 is 27.5 Å². The summed E-state index contributed by atoms with van der Waals surface area (Å²) in [5.74, 6) is 0. The predicted molar refractivity (Wildman–Crippen MR) is 66.2 cm³/mol. The highest BCUT2D eigenvalue weighted by molar-refractivity contribution is 9.10. The number of nitrogens with zero attached hydrogens (tertiary/aromatic N) is 2. The van der Waals surface area contributed by atoms with Crippen LogP contribution in [0.4, 0.5) is 13.2 Å². The zero-order valence-electron chi connectivity index (χ0n) is 8.83. The van der Waals surface area contributed by atoms with Gasteiger partial charge < -0.3 is 0 Å². The molecule has 0 spiro atoms. The maximum atomic E-state index is 12.0. The summed E-state index contributed by atoms with van der Waals surface area (Å²) < 4.78 is 36.2. The van der Waals surface area contributed by atoms with Gasteiger partial charge in [0.2, 0.25) is 0 Å². The molecule has 2 aromatic rings. The van der Waals surface area contributed by atoms with Crippen molar-refractivity contribution in [3.05, 3.63) is 58.0 Å². The van der Waals surface area contributed by atoms with Gasteiger partial charge in [-0.1, -0.05) is 17.7 Å². The van der Waals surface area contributed by atoms with Crippen LogP contribution in [-0.2, 0) is 6.18 Å². The van der Waals surface area contributed by atoms with Crippen LogP contribution in [0.5, 0.6) is 0 Å². The van der Waals surface area contributed by atoms with Gasteiger partial charge in [0.15, 0.2) is 0 Å². The van der Waals surface area contributed by atoms with Crippen LogP contribution in [0.2, 0.25) is 5.15 Å². The Morgan fingerprint density at radius 2 is 1.67 bits per heavy atom. The lowest BCUT2D eigenvalue weighted by atomic mass is 10.3. The van der Waals surface area contributed by atoms with E-state index in [1.54, 1.807) is 12.4 Å². The molecule has 2 heterocycles. The molecule has 0 radical (unpaired) electrons. The first-order valence-corrected chi connectivity index (χ1v) is 5.82. The van der Waals surface area contributed by atoms with Crippen LogP contribution in [0.3, 0.4) is 0 Å². The van der Waals surface area contributed by atoms with Crippen LogP contribution < -0.4 is 0 Å². The van der Waals surface area contributed by atoms with Crippen LogP contribution in [0, 0.1) is 0 Å². The highest BCUT2D eigenvalue weighted by Crippen LogP contribution is 2.30. The minimum absolute atomic E-state index is 0.190. The Kier molecular flexibility index (Phi) is 5.55. The second kappa shape index (κ2) is 6.70. The molecule has 0 bridgehead atoms. The van der Waals surface area contributed by atoms with Crippen molar-refractivity contribution in [3.8, 4) is 0 Å². The predicted octanol–water partition coefficient (Wildman–Crippen LogP) is 4.60. The second-order valence-electron chi connectivity index (χ2n) is 2.99. The topological polar surface area (TPSA) is 25.8 Å². The van der Waals surface area contributed by atoms with Crippen molar-refractivity contribution in [2.24, 2.45) is 0 Å². The SMILES string of the molecule is FC(F)(F)c1ccc(Br)c(Cl)n1.c1ccncc1. The van der Waals surface area contributed by atoms with Crippen molar-refractivity contribution in [2.75, 3.05) is 0 Å². The molecule has 0 saturated carbocycles. The molecule has 2 nitrogen and oxygen atoms in total. The van der Waals surface area contributed by atoms with Crippen LogP contribution in [0.25, 0.3) is 0 Å². The third-order valence-electron chi connectivity index (χ3n) is 1.66. The lowest BCUT2D eigenvalue weighted by molar-refractivity contribution is -0.141. The fourth-order valence-corrected chi connectivity index (χ4v) is 1.26. The Bertz CT molecular complexity index is 465. The van der Waals surface area contributed by atoms with Gasteiger partial charge in [-0.3, -0.25) is 4.98 Å². The van der Waals surface area contributed by atoms with Crippen molar-refractivity contribution in [1.29, 1.82) is 0 Å². The summed E-state index contributed by atoms with van der Waals surface area (Å²) in [5, 5.41) is -0.190. The summed E-state index contributed by atoms with van der Waals surface area (Å²) in [6, 6.07) is 7.78. The van der Waals surface area contributed by atoms with E-state index in [0.717, 1.165) is 6.07 Å². The molecule has 2 aromatic heterocycles. The van der Waals surface area contributed by atoms with Crippen molar-refractivity contribution < 1.29 is 13.2 Å². The van der Waals surface area contributed by atoms with Gasteiger partial charge in [0, 0.05) is 12.4 Å². The summed E-state index contributed by atoms with van der Waals surface area (Å²) in [7, 11) is 0. The zero-order chi connectivity index (χ0) is 13.6. The molecule has 0 aliphatic rings. The van der Waals surface area contributed by atoms with E-state index in [2.05, 4.69) is 25.9 Å². The van der Waals surface area contributed by atoms with Gasteiger partial charge in [-0.2, -0.15) is 13.2 Å². The summed E-state index contributed by atoms with van der Waals surface area (Å²) in [4.78, 5) is 6.92. The molecule has 0 unspecified atom stereocenters. The summed E-state index contributed by atoms with van der Waals surface area (Å²) in [5.41, 5.74) is -0.990. The fourth-order valence-electron chi connectivity index (χ4n) is 0.888. The number of hydrogen-bond donors (Lipinski definition) is 0. The number of hydrogen-bond acceptors (Lipinski definition) is 2. The molecule has 0 N–H and O–H groups in total. The first kappa shape index (κ1) is 14.9. The Balaban J connectivity index is 0.000000225. The van der Waals surface area contributed by atoms with Gasteiger partial charge in [0.05, 0.1) is 4.47 Å². The van der Waals surface area contributed by atoms with E-state index >= 15 is 0 Å². The Labute approximate surface area is 115 Å². The zero-order valence-corrected chi connectivity index (χ0v) is 11.2. The average Bonchev–Trinajstić information content (AvgIpc) is 2.34. The molecule has 7 heteroatoms. The first-order valence-electron chi connectivity index (χ1n) is 4.65. The molecule has 96 valence electrons. The van der Waals surface area contributed by atoms with E-state index in [9.17, 15) is 13.2 Å². The van der Waals surface area contributed by atoms with Gasteiger partial charge >= 0.3 is 6.18 Å².